The summed E-state index contributed by atoms with van der Waals surface area (Å²) in [7, 11) is 1.69. The molecule has 2 fully saturated rings. The average molecular weight is 425 g/mol. The molecule has 1 N–H and O–H groups in total. The van der Waals surface area contributed by atoms with Crippen molar-refractivity contribution in [1.82, 2.24) is 4.90 Å². The van der Waals surface area contributed by atoms with Crippen molar-refractivity contribution in [3.05, 3.63) is 48.5 Å². The zero-order chi connectivity index (χ0) is 21.8. The lowest BCUT2D eigenvalue weighted by Gasteiger charge is -2.38. The van der Waals surface area contributed by atoms with Gasteiger partial charge in [-0.25, -0.2) is 4.79 Å². The normalized spacial score (nSPS) is 21.7. The Hall–Kier alpha value is -2.93. The second-order valence-electron chi connectivity index (χ2n) is 8.26. The first-order valence-electron chi connectivity index (χ1n) is 11.0. The summed E-state index contributed by atoms with van der Waals surface area (Å²) in [6, 6.07) is 16.0. The summed E-state index contributed by atoms with van der Waals surface area (Å²) in [6.45, 7) is 8.68. The molecular formula is C24H32N4O3. The Labute approximate surface area is 184 Å². The van der Waals surface area contributed by atoms with Crippen LogP contribution in [0.15, 0.2) is 48.5 Å². The van der Waals surface area contributed by atoms with Gasteiger partial charge in [-0.3, -0.25) is 0 Å². The largest absolute Gasteiger partial charge is 0.495 e. The minimum Gasteiger partial charge on any atom is -0.495 e. The van der Waals surface area contributed by atoms with Gasteiger partial charge in [-0.05, 0) is 38.1 Å². The van der Waals surface area contributed by atoms with Crippen molar-refractivity contribution < 1.29 is 14.3 Å². The molecule has 2 aliphatic heterocycles. The van der Waals surface area contributed by atoms with Gasteiger partial charge >= 0.3 is 6.03 Å². The third-order valence-electron chi connectivity index (χ3n) is 5.90. The molecule has 7 heteroatoms. The highest BCUT2D eigenvalue weighted by Gasteiger charge is 2.26. The van der Waals surface area contributed by atoms with Crippen molar-refractivity contribution in [2.24, 2.45) is 0 Å². The van der Waals surface area contributed by atoms with Crippen LogP contribution in [0.1, 0.15) is 13.8 Å². The number of para-hydroxylation sites is 4. The van der Waals surface area contributed by atoms with Crippen molar-refractivity contribution >= 4 is 23.1 Å². The van der Waals surface area contributed by atoms with Gasteiger partial charge in [0.1, 0.15) is 5.75 Å². The number of nitrogens with zero attached hydrogens (tertiary/aromatic N) is 3. The van der Waals surface area contributed by atoms with Crippen LogP contribution in [0.4, 0.5) is 21.9 Å². The maximum Gasteiger partial charge on any atom is 0.322 e. The lowest BCUT2D eigenvalue weighted by Crippen LogP contribution is -2.50. The van der Waals surface area contributed by atoms with Gasteiger partial charge in [0.2, 0.25) is 0 Å². The molecule has 0 spiro atoms. The van der Waals surface area contributed by atoms with Crippen molar-refractivity contribution in [2.75, 3.05) is 61.5 Å². The summed E-state index contributed by atoms with van der Waals surface area (Å²) < 4.78 is 11.4. The molecule has 2 atom stereocenters. The van der Waals surface area contributed by atoms with Gasteiger partial charge in [-0.2, -0.15) is 0 Å². The number of methoxy groups -OCH3 is 1. The molecule has 0 aliphatic carbocycles. The number of ether oxygens (including phenoxy) is 2. The maximum absolute atomic E-state index is 13.0. The Morgan fingerprint density at radius 1 is 0.903 bits per heavy atom. The van der Waals surface area contributed by atoms with Crippen molar-refractivity contribution in [1.29, 1.82) is 0 Å². The minimum atomic E-state index is -0.0542. The Kier molecular flexibility index (Phi) is 6.51. The van der Waals surface area contributed by atoms with E-state index in [4.69, 9.17) is 9.47 Å². The Bertz CT molecular complexity index is 888. The Morgan fingerprint density at radius 2 is 1.52 bits per heavy atom. The number of piperazine rings is 1. The molecule has 2 aromatic rings. The standard InChI is InChI=1S/C24H32N4O3/c1-18-16-28(17-19(2)31-18)21-9-5-4-8-20(21)25-24(29)27-14-12-26(13-15-27)22-10-6-7-11-23(22)30-3/h4-11,18-19H,12-17H2,1-3H3,(H,25,29). The number of carbonyl (C=O) groups is 1. The van der Waals surface area contributed by atoms with Gasteiger partial charge in [0, 0.05) is 39.3 Å². The van der Waals surface area contributed by atoms with Gasteiger partial charge in [0.05, 0.1) is 36.4 Å². The number of carbonyl (C=O) groups excluding carboxylic acids is 1. The highest BCUT2D eigenvalue weighted by molar-refractivity contribution is 5.93. The molecule has 166 valence electrons. The molecule has 4 rings (SSSR count). The van der Waals surface area contributed by atoms with Crippen LogP contribution in [0.5, 0.6) is 5.75 Å². The summed E-state index contributed by atoms with van der Waals surface area (Å²) in [5, 5.41) is 3.15. The van der Waals surface area contributed by atoms with E-state index in [-0.39, 0.29) is 18.2 Å². The lowest BCUT2D eigenvalue weighted by molar-refractivity contribution is -0.00517. The number of amides is 2. The molecule has 7 nitrogen and oxygen atoms in total. The van der Waals surface area contributed by atoms with E-state index in [1.165, 1.54) is 0 Å². The van der Waals surface area contributed by atoms with Crippen LogP contribution in [0.2, 0.25) is 0 Å². The summed E-state index contributed by atoms with van der Waals surface area (Å²) in [4.78, 5) is 19.5. The third kappa shape index (κ3) is 4.88. The molecule has 31 heavy (non-hydrogen) atoms. The maximum atomic E-state index is 13.0. The van der Waals surface area contributed by atoms with Gasteiger partial charge in [-0.1, -0.05) is 24.3 Å². The van der Waals surface area contributed by atoms with Crippen LogP contribution in [0, 0.1) is 0 Å². The van der Waals surface area contributed by atoms with Gasteiger partial charge in [0.15, 0.2) is 0 Å². The number of benzene rings is 2. The van der Waals surface area contributed by atoms with E-state index in [0.29, 0.717) is 13.1 Å². The number of morpholine rings is 1. The molecule has 2 aromatic carbocycles. The first-order chi connectivity index (χ1) is 15.0. The molecule has 0 radical (unpaired) electrons. The van der Waals surface area contributed by atoms with Gasteiger partial charge in [0.25, 0.3) is 0 Å². The monoisotopic (exact) mass is 424 g/mol. The molecule has 0 aromatic heterocycles. The van der Waals surface area contributed by atoms with Crippen molar-refractivity contribution in [3.8, 4) is 5.75 Å². The highest BCUT2D eigenvalue weighted by atomic mass is 16.5. The first-order valence-corrected chi connectivity index (χ1v) is 11.0. The van der Waals surface area contributed by atoms with Crippen molar-refractivity contribution in [2.45, 2.75) is 26.1 Å². The molecule has 2 heterocycles. The second-order valence-corrected chi connectivity index (χ2v) is 8.26. The van der Waals surface area contributed by atoms with E-state index in [1.54, 1.807) is 7.11 Å². The van der Waals surface area contributed by atoms with E-state index in [9.17, 15) is 4.79 Å². The smallest absolute Gasteiger partial charge is 0.322 e. The van der Waals surface area contributed by atoms with E-state index in [2.05, 4.69) is 41.1 Å². The van der Waals surface area contributed by atoms with Crippen LogP contribution in [0.25, 0.3) is 0 Å². The SMILES string of the molecule is COc1ccccc1N1CCN(C(=O)Nc2ccccc2N2CC(C)OC(C)C2)CC1. The summed E-state index contributed by atoms with van der Waals surface area (Å²) in [5.74, 6) is 0.864. The summed E-state index contributed by atoms with van der Waals surface area (Å²) in [6.07, 6.45) is 0.325. The summed E-state index contributed by atoms with van der Waals surface area (Å²) >= 11 is 0. The molecule has 2 aliphatic rings. The van der Waals surface area contributed by atoms with Crippen LogP contribution >= 0.6 is 0 Å². The number of rotatable bonds is 4. The Balaban J connectivity index is 1.40. The first kappa shape index (κ1) is 21.3. The van der Waals surface area contributed by atoms with Gasteiger partial charge in [-0.15, -0.1) is 0 Å². The van der Waals surface area contributed by atoms with Crippen LogP contribution < -0.4 is 19.9 Å². The number of urea groups is 1. The number of hydrogen-bond donors (Lipinski definition) is 1. The topological polar surface area (TPSA) is 57.3 Å². The van der Waals surface area contributed by atoms with Crippen LogP contribution in [0.3, 0.4) is 0 Å². The van der Waals surface area contributed by atoms with Gasteiger partial charge < -0.3 is 29.5 Å². The number of anilines is 3. The fourth-order valence-corrected chi connectivity index (χ4v) is 4.47. The molecule has 0 saturated carbocycles. The van der Waals surface area contributed by atoms with E-state index in [0.717, 1.165) is 49.0 Å². The fourth-order valence-electron chi connectivity index (χ4n) is 4.47. The second kappa shape index (κ2) is 9.47. The predicted molar refractivity (Wildman–Crippen MR) is 124 cm³/mol. The predicted octanol–water partition coefficient (Wildman–Crippen LogP) is 3.66. The fraction of sp³-hybridized carbons (Fsp3) is 0.458. The summed E-state index contributed by atoms with van der Waals surface area (Å²) in [5.41, 5.74) is 2.97. The lowest BCUT2D eigenvalue weighted by atomic mass is 10.1. The molecule has 0 bridgehead atoms. The zero-order valence-electron chi connectivity index (χ0n) is 18.6. The number of nitrogens with one attached hydrogen (secondary N) is 1. The minimum absolute atomic E-state index is 0.0542. The zero-order valence-corrected chi connectivity index (χ0v) is 18.6. The highest BCUT2D eigenvalue weighted by Crippen LogP contribution is 2.30. The quantitative estimate of drug-likeness (QED) is 0.812. The molecule has 2 unspecified atom stereocenters. The average Bonchev–Trinajstić information content (AvgIpc) is 2.79. The Morgan fingerprint density at radius 3 is 2.19 bits per heavy atom. The molecular weight excluding hydrogens is 392 g/mol. The van der Waals surface area contributed by atoms with Crippen molar-refractivity contribution in [3.63, 3.8) is 0 Å². The molecule has 2 saturated heterocycles. The van der Waals surface area contributed by atoms with Crippen LogP contribution in [-0.4, -0.2) is 69.5 Å². The third-order valence-corrected chi connectivity index (χ3v) is 5.90. The molecule has 2 amide bonds. The van der Waals surface area contributed by atoms with Crippen LogP contribution in [-0.2, 0) is 4.74 Å². The van der Waals surface area contributed by atoms with E-state index >= 15 is 0 Å². The van der Waals surface area contributed by atoms with E-state index in [1.807, 2.05) is 41.3 Å². The number of hydrogen-bond acceptors (Lipinski definition) is 5. The van der Waals surface area contributed by atoms with E-state index < -0.39 is 0 Å².